The van der Waals surface area contributed by atoms with E-state index in [-0.39, 0.29) is 36.9 Å². The summed E-state index contributed by atoms with van der Waals surface area (Å²) < 4.78 is 0. The minimum absolute atomic E-state index is 0.105. The van der Waals surface area contributed by atoms with Crippen molar-refractivity contribution in [2.24, 2.45) is 0 Å². The molecular formula is C19H24N4O5. The van der Waals surface area contributed by atoms with Gasteiger partial charge < -0.3 is 20.3 Å². The first-order valence-electron chi connectivity index (χ1n) is 9.04. The van der Waals surface area contributed by atoms with E-state index in [4.69, 9.17) is 0 Å². The van der Waals surface area contributed by atoms with Crippen molar-refractivity contribution in [3.8, 4) is 0 Å². The molecule has 3 N–H and O–H groups in total. The molecular weight excluding hydrogens is 364 g/mol. The second-order valence-corrected chi connectivity index (χ2v) is 6.47. The number of carboxylic acid groups (broad SMARTS) is 1. The van der Waals surface area contributed by atoms with Gasteiger partial charge in [0.2, 0.25) is 11.8 Å². The zero-order chi connectivity index (χ0) is 20.7. The molecule has 1 heterocycles. The molecule has 9 heteroatoms. The van der Waals surface area contributed by atoms with Crippen LogP contribution in [0.4, 0.5) is 0 Å². The molecule has 0 aliphatic carbocycles. The Kier molecular flexibility index (Phi) is 7.25. The van der Waals surface area contributed by atoms with E-state index < -0.39 is 12.0 Å². The highest BCUT2D eigenvalue weighted by Gasteiger charge is 2.24. The van der Waals surface area contributed by atoms with E-state index in [9.17, 15) is 24.3 Å². The summed E-state index contributed by atoms with van der Waals surface area (Å²) in [7, 11) is 0. The number of benzene rings is 1. The molecule has 2 aromatic rings. The molecule has 1 aromatic carbocycles. The van der Waals surface area contributed by atoms with Crippen LogP contribution in [0.1, 0.15) is 32.5 Å². The van der Waals surface area contributed by atoms with Gasteiger partial charge in [0, 0.05) is 32.9 Å². The van der Waals surface area contributed by atoms with Crippen molar-refractivity contribution < 1.29 is 19.5 Å². The molecule has 9 nitrogen and oxygen atoms in total. The molecule has 1 atom stereocenters. The van der Waals surface area contributed by atoms with Gasteiger partial charge in [-0.2, -0.15) is 0 Å². The van der Waals surface area contributed by atoms with Crippen molar-refractivity contribution in [1.29, 1.82) is 0 Å². The number of aliphatic carboxylic acids is 1. The van der Waals surface area contributed by atoms with Crippen molar-refractivity contribution in [2.45, 2.75) is 39.2 Å². The molecule has 0 saturated heterocycles. The summed E-state index contributed by atoms with van der Waals surface area (Å²) in [6, 6.07) is 5.99. The van der Waals surface area contributed by atoms with E-state index in [2.05, 4.69) is 15.3 Å². The van der Waals surface area contributed by atoms with Crippen LogP contribution in [0.15, 0.2) is 29.1 Å². The summed E-state index contributed by atoms with van der Waals surface area (Å²) in [5.41, 5.74) is 0.354. The number of H-pyrrole nitrogens is 1. The average Bonchev–Trinajstić information content (AvgIpc) is 2.64. The zero-order valence-electron chi connectivity index (χ0n) is 15.9. The smallest absolute Gasteiger partial charge is 0.326 e. The van der Waals surface area contributed by atoms with Gasteiger partial charge in [0.15, 0.2) is 0 Å². The van der Waals surface area contributed by atoms with Gasteiger partial charge in [0.1, 0.15) is 11.9 Å². The molecule has 2 amide bonds. The SMILES string of the molecule is CC(=O)NCCN(C(=O)CCCc1nc2ccccc2c(=O)[nH]1)C(C)C(=O)O. The van der Waals surface area contributed by atoms with Crippen molar-refractivity contribution >= 4 is 28.7 Å². The minimum Gasteiger partial charge on any atom is -0.480 e. The Bertz CT molecular complexity index is 924. The number of carbonyl (C=O) groups excluding carboxylic acids is 2. The van der Waals surface area contributed by atoms with Gasteiger partial charge >= 0.3 is 5.97 Å². The second kappa shape index (κ2) is 9.63. The highest BCUT2D eigenvalue weighted by atomic mass is 16.4. The molecule has 0 aliphatic rings. The van der Waals surface area contributed by atoms with E-state index in [1.165, 1.54) is 18.7 Å². The normalized spacial score (nSPS) is 11.8. The number of carbonyl (C=O) groups is 3. The number of hydrogen-bond acceptors (Lipinski definition) is 5. The van der Waals surface area contributed by atoms with Gasteiger partial charge in [-0.1, -0.05) is 12.1 Å². The number of aromatic amines is 1. The number of para-hydroxylation sites is 1. The monoisotopic (exact) mass is 388 g/mol. The van der Waals surface area contributed by atoms with Gasteiger partial charge in [-0.25, -0.2) is 9.78 Å². The fraction of sp³-hybridized carbons (Fsp3) is 0.421. The predicted octanol–water partition coefficient (Wildman–Crippen LogP) is 0.684. The van der Waals surface area contributed by atoms with Crippen molar-refractivity contribution in [3.05, 3.63) is 40.4 Å². The Balaban J connectivity index is 1.98. The van der Waals surface area contributed by atoms with Crippen molar-refractivity contribution in [3.63, 3.8) is 0 Å². The van der Waals surface area contributed by atoms with Crippen LogP contribution >= 0.6 is 0 Å². The summed E-state index contributed by atoms with van der Waals surface area (Å²) in [5, 5.41) is 12.3. The summed E-state index contributed by atoms with van der Waals surface area (Å²) in [4.78, 5) is 55.1. The molecule has 0 fully saturated rings. The molecule has 1 aromatic heterocycles. The molecule has 0 bridgehead atoms. The first-order valence-corrected chi connectivity index (χ1v) is 9.04. The van der Waals surface area contributed by atoms with Crippen LogP contribution in [0.2, 0.25) is 0 Å². The Hall–Kier alpha value is -3.23. The van der Waals surface area contributed by atoms with Gasteiger partial charge in [0.05, 0.1) is 10.9 Å². The fourth-order valence-electron chi connectivity index (χ4n) is 2.82. The van der Waals surface area contributed by atoms with Crippen LogP contribution in [-0.2, 0) is 20.8 Å². The maximum absolute atomic E-state index is 12.5. The first kappa shape index (κ1) is 21.1. The number of hydrogen-bond donors (Lipinski definition) is 3. The minimum atomic E-state index is -1.11. The number of carboxylic acids is 1. The van der Waals surface area contributed by atoms with Crippen molar-refractivity contribution in [2.75, 3.05) is 13.1 Å². The van der Waals surface area contributed by atoms with Crippen LogP contribution in [0.3, 0.4) is 0 Å². The lowest BCUT2D eigenvalue weighted by atomic mass is 10.1. The lowest BCUT2D eigenvalue weighted by molar-refractivity contribution is -0.149. The molecule has 28 heavy (non-hydrogen) atoms. The van der Waals surface area contributed by atoms with Crippen LogP contribution in [-0.4, -0.2) is 56.9 Å². The fourth-order valence-corrected chi connectivity index (χ4v) is 2.82. The number of aryl methyl sites for hydroxylation is 1. The third-order valence-corrected chi connectivity index (χ3v) is 4.34. The number of fused-ring (bicyclic) bond motifs is 1. The van der Waals surface area contributed by atoms with Crippen LogP contribution in [0, 0.1) is 0 Å². The first-order chi connectivity index (χ1) is 13.3. The number of nitrogens with zero attached hydrogens (tertiary/aromatic N) is 2. The van der Waals surface area contributed by atoms with Crippen LogP contribution in [0.25, 0.3) is 10.9 Å². The molecule has 150 valence electrons. The lowest BCUT2D eigenvalue weighted by Gasteiger charge is -2.26. The predicted molar refractivity (Wildman–Crippen MR) is 103 cm³/mol. The van der Waals surface area contributed by atoms with Gasteiger partial charge in [-0.05, 0) is 25.5 Å². The quantitative estimate of drug-likeness (QED) is 0.579. The van der Waals surface area contributed by atoms with E-state index in [0.717, 1.165) is 0 Å². The van der Waals surface area contributed by atoms with E-state index in [1.807, 2.05) is 0 Å². The van der Waals surface area contributed by atoms with Crippen molar-refractivity contribution in [1.82, 2.24) is 20.2 Å². The Morgan fingerprint density at radius 2 is 2.00 bits per heavy atom. The van der Waals surface area contributed by atoms with E-state index in [0.29, 0.717) is 29.6 Å². The molecule has 0 radical (unpaired) electrons. The third-order valence-electron chi connectivity index (χ3n) is 4.34. The Morgan fingerprint density at radius 1 is 1.29 bits per heavy atom. The number of aromatic nitrogens is 2. The molecule has 1 unspecified atom stereocenters. The second-order valence-electron chi connectivity index (χ2n) is 6.47. The highest BCUT2D eigenvalue weighted by Crippen LogP contribution is 2.09. The standard InChI is InChI=1S/C19H24N4O5/c1-12(19(27)28)23(11-10-20-13(2)24)17(25)9-5-8-16-21-15-7-4-3-6-14(15)18(26)22-16/h3-4,6-7,12H,5,8-11H2,1-2H3,(H,20,24)(H,27,28)(H,21,22,26). The largest absolute Gasteiger partial charge is 0.480 e. The number of nitrogens with one attached hydrogen (secondary N) is 2. The summed E-state index contributed by atoms with van der Waals surface area (Å²) in [6.07, 6.45) is 0.893. The van der Waals surface area contributed by atoms with Crippen LogP contribution < -0.4 is 10.9 Å². The maximum atomic E-state index is 12.5. The molecule has 0 aliphatic heterocycles. The molecule has 0 saturated carbocycles. The topological polar surface area (TPSA) is 132 Å². The van der Waals surface area contributed by atoms with Gasteiger partial charge in [-0.15, -0.1) is 0 Å². The lowest BCUT2D eigenvalue weighted by Crippen LogP contribution is -2.46. The maximum Gasteiger partial charge on any atom is 0.326 e. The number of amides is 2. The Labute approximate surface area is 161 Å². The molecule has 0 spiro atoms. The summed E-state index contributed by atoms with van der Waals surface area (Å²) in [5.74, 6) is -1.21. The van der Waals surface area contributed by atoms with E-state index in [1.54, 1.807) is 24.3 Å². The van der Waals surface area contributed by atoms with Gasteiger partial charge in [0.25, 0.3) is 5.56 Å². The van der Waals surface area contributed by atoms with Gasteiger partial charge in [-0.3, -0.25) is 14.4 Å². The third kappa shape index (κ3) is 5.63. The average molecular weight is 388 g/mol. The molecule has 2 rings (SSSR count). The zero-order valence-corrected chi connectivity index (χ0v) is 15.9. The Morgan fingerprint density at radius 3 is 2.68 bits per heavy atom. The highest BCUT2D eigenvalue weighted by molar-refractivity contribution is 5.83. The van der Waals surface area contributed by atoms with Crippen LogP contribution in [0.5, 0.6) is 0 Å². The summed E-state index contributed by atoms with van der Waals surface area (Å²) >= 11 is 0. The van der Waals surface area contributed by atoms with E-state index >= 15 is 0 Å². The summed E-state index contributed by atoms with van der Waals surface area (Å²) in [6.45, 7) is 3.07. The number of rotatable bonds is 9.